The first-order chi connectivity index (χ1) is 12.1. The van der Waals surface area contributed by atoms with Crippen molar-refractivity contribution in [3.63, 3.8) is 0 Å². The molecule has 2 N–H and O–H groups in total. The van der Waals surface area contributed by atoms with Crippen LogP contribution in [0.2, 0.25) is 5.02 Å². The molecule has 2 aromatic rings. The van der Waals surface area contributed by atoms with Crippen molar-refractivity contribution in [2.24, 2.45) is 0 Å². The van der Waals surface area contributed by atoms with Crippen LogP contribution in [0.25, 0.3) is 0 Å². The van der Waals surface area contributed by atoms with Gasteiger partial charge >= 0.3 is 5.97 Å². The Morgan fingerprint density at radius 1 is 1.12 bits per heavy atom. The molecular formula is C20H22ClNO3. The Morgan fingerprint density at radius 3 is 2.68 bits per heavy atom. The summed E-state index contributed by atoms with van der Waals surface area (Å²) in [6.07, 6.45) is 5.37. The highest BCUT2D eigenvalue weighted by Gasteiger charge is 2.19. The molecule has 4 nitrogen and oxygen atoms in total. The zero-order chi connectivity index (χ0) is 17.6. The normalized spacial score (nSPS) is 14.9. The predicted molar refractivity (Wildman–Crippen MR) is 98.9 cm³/mol. The van der Waals surface area contributed by atoms with Crippen LogP contribution in [0.4, 0.5) is 5.69 Å². The second kappa shape index (κ2) is 8.26. The van der Waals surface area contributed by atoms with Gasteiger partial charge in [-0.25, -0.2) is 4.79 Å². The number of rotatable bonds is 5. The van der Waals surface area contributed by atoms with Crippen molar-refractivity contribution in [3.8, 4) is 5.75 Å². The van der Waals surface area contributed by atoms with Gasteiger partial charge in [0.15, 0.2) is 0 Å². The maximum absolute atomic E-state index is 12.4. The number of halogens is 1. The summed E-state index contributed by atoms with van der Waals surface area (Å²) in [6, 6.07) is 12.4. The average molecular weight is 360 g/mol. The van der Waals surface area contributed by atoms with Crippen LogP contribution >= 0.6 is 11.6 Å². The standard InChI is InChI=1S/C20H22ClNO3/c21-16-6-4-5-14(11-16)13-24-19-12-15(9-10-18(19)22)20(23)25-17-7-2-1-3-8-17/h4-6,9-12,17H,1-3,7-8,13,22H2. The van der Waals surface area contributed by atoms with Crippen LogP contribution in [0.5, 0.6) is 5.75 Å². The van der Waals surface area contributed by atoms with Gasteiger partial charge in [0.2, 0.25) is 0 Å². The lowest BCUT2D eigenvalue weighted by molar-refractivity contribution is 0.0211. The second-order valence-corrected chi connectivity index (χ2v) is 6.77. The number of ether oxygens (including phenoxy) is 2. The molecule has 0 amide bonds. The quantitative estimate of drug-likeness (QED) is 0.603. The second-order valence-electron chi connectivity index (χ2n) is 6.34. The Hall–Kier alpha value is -2.20. The first-order valence-electron chi connectivity index (χ1n) is 8.59. The summed E-state index contributed by atoms with van der Waals surface area (Å²) in [5.41, 5.74) is 7.84. The van der Waals surface area contributed by atoms with Gasteiger partial charge in [0.25, 0.3) is 0 Å². The predicted octanol–water partition coefficient (Wildman–Crippen LogP) is 4.99. The highest BCUT2D eigenvalue weighted by molar-refractivity contribution is 6.30. The van der Waals surface area contributed by atoms with Crippen LogP contribution in [0.15, 0.2) is 42.5 Å². The van der Waals surface area contributed by atoms with Gasteiger partial charge < -0.3 is 15.2 Å². The Kier molecular flexibility index (Phi) is 5.82. The molecule has 0 aliphatic heterocycles. The molecule has 2 aromatic carbocycles. The van der Waals surface area contributed by atoms with Gasteiger partial charge in [-0.1, -0.05) is 30.2 Å². The molecule has 1 aliphatic rings. The third kappa shape index (κ3) is 4.89. The van der Waals surface area contributed by atoms with E-state index in [-0.39, 0.29) is 12.1 Å². The number of nitrogen functional groups attached to an aromatic ring is 1. The highest BCUT2D eigenvalue weighted by atomic mass is 35.5. The number of hydrogen-bond acceptors (Lipinski definition) is 4. The van der Waals surface area contributed by atoms with Gasteiger partial charge in [0, 0.05) is 5.02 Å². The lowest BCUT2D eigenvalue weighted by Crippen LogP contribution is -2.21. The maximum atomic E-state index is 12.4. The van der Waals surface area contributed by atoms with Crippen LogP contribution in [-0.4, -0.2) is 12.1 Å². The zero-order valence-electron chi connectivity index (χ0n) is 14.0. The van der Waals surface area contributed by atoms with E-state index >= 15 is 0 Å². The largest absolute Gasteiger partial charge is 0.487 e. The summed E-state index contributed by atoms with van der Waals surface area (Å²) >= 11 is 5.98. The molecule has 1 saturated carbocycles. The van der Waals surface area contributed by atoms with E-state index in [2.05, 4.69) is 0 Å². The molecule has 3 rings (SSSR count). The van der Waals surface area contributed by atoms with E-state index in [1.54, 1.807) is 24.3 Å². The molecule has 25 heavy (non-hydrogen) atoms. The minimum Gasteiger partial charge on any atom is -0.487 e. The molecule has 0 heterocycles. The topological polar surface area (TPSA) is 61.6 Å². The monoisotopic (exact) mass is 359 g/mol. The number of carbonyl (C=O) groups excluding carboxylic acids is 1. The molecule has 0 unspecified atom stereocenters. The fraction of sp³-hybridized carbons (Fsp3) is 0.350. The first kappa shape index (κ1) is 17.6. The minimum atomic E-state index is -0.320. The molecule has 0 saturated heterocycles. The van der Waals surface area contributed by atoms with Gasteiger partial charge in [-0.2, -0.15) is 0 Å². The Bertz CT molecular complexity index is 741. The third-order valence-corrected chi connectivity index (χ3v) is 4.59. The smallest absolute Gasteiger partial charge is 0.338 e. The van der Waals surface area contributed by atoms with Crippen molar-refractivity contribution < 1.29 is 14.3 Å². The van der Waals surface area contributed by atoms with Crippen LogP contribution < -0.4 is 10.5 Å². The number of carbonyl (C=O) groups is 1. The number of benzene rings is 2. The number of nitrogens with two attached hydrogens (primary N) is 1. The average Bonchev–Trinajstić information content (AvgIpc) is 2.62. The van der Waals surface area contributed by atoms with Crippen molar-refractivity contribution in [2.45, 2.75) is 44.8 Å². The van der Waals surface area contributed by atoms with Gasteiger partial charge in [-0.3, -0.25) is 0 Å². The van der Waals surface area contributed by atoms with Gasteiger partial charge in [0.1, 0.15) is 18.5 Å². The van der Waals surface area contributed by atoms with Gasteiger partial charge in [0.05, 0.1) is 11.3 Å². The van der Waals surface area contributed by atoms with Gasteiger partial charge in [-0.05, 0) is 61.6 Å². The lowest BCUT2D eigenvalue weighted by Gasteiger charge is -2.22. The molecule has 0 bridgehead atoms. The van der Waals surface area contributed by atoms with Crippen LogP contribution in [0, 0.1) is 0 Å². The number of anilines is 1. The van der Waals surface area contributed by atoms with Crippen molar-refractivity contribution in [1.29, 1.82) is 0 Å². The Balaban J connectivity index is 1.66. The molecule has 132 valence electrons. The highest BCUT2D eigenvalue weighted by Crippen LogP contribution is 2.26. The van der Waals surface area contributed by atoms with Crippen LogP contribution in [-0.2, 0) is 11.3 Å². The summed E-state index contributed by atoms with van der Waals surface area (Å²) in [7, 11) is 0. The summed E-state index contributed by atoms with van der Waals surface area (Å²) < 4.78 is 11.4. The van der Waals surface area contributed by atoms with E-state index in [4.69, 9.17) is 26.8 Å². The van der Waals surface area contributed by atoms with Gasteiger partial charge in [-0.15, -0.1) is 0 Å². The first-order valence-corrected chi connectivity index (χ1v) is 8.97. The molecule has 1 aliphatic carbocycles. The van der Waals surface area contributed by atoms with E-state index in [0.717, 1.165) is 31.2 Å². The Morgan fingerprint density at radius 2 is 1.92 bits per heavy atom. The molecular weight excluding hydrogens is 338 g/mol. The van der Waals surface area contributed by atoms with Crippen molar-refractivity contribution in [3.05, 3.63) is 58.6 Å². The van der Waals surface area contributed by atoms with E-state index in [1.165, 1.54) is 6.42 Å². The van der Waals surface area contributed by atoms with E-state index in [1.807, 2.05) is 18.2 Å². The molecule has 1 fully saturated rings. The summed E-state index contributed by atoms with van der Waals surface area (Å²) in [5.74, 6) is 0.151. The van der Waals surface area contributed by atoms with E-state index in [0.29, 0.717) is 28.6 Å². The minimum absolute atomic E-state index is 0.0228. The summed E-state index contributed by atoms with van der Waals surface area (Å²) in [6.45, 7) is 0.325. The van der Waals surface area contributed by atoms with Crippen LogP contribution in [0.3, 0.4) is 0 Å². The van der Waals surface area contributed by atoms with E-state index < -0.39 is 0 Å². The molecule has 5 heteroatoms. The van der Waals surface area contributed by atoms with E-state index in [9.17, 15) is 4.79 Å². The summed E-state index contributed by atoms with van der Waals surface area (Å²) in [5, 5.41) is 0.652. The fourth-order valence-electron chi connectivity index (χ4n) is 2.98. The third-order valence-electron chi connectivity index (χ3n) is 4.36. The maximum Gasteiger partial charge on any atom is 0.338 e. The fourth-order valence-corrected chi connectivity index (χ4v) is 3.19. The number of esters is 1. The molecule has 0 atom stereocenters. The van der Waals surface area contributed by atoms with Crippen molar-refractivity contribution in [1.82, 2.24) is 0 Å². The Labute approximate surface area is 152 Å². The number of hydrogen-bond donors (Lipinski definition) is 1. The van der Waals surface area contributed by atoms with Crippen LogP contribution in [0.1, 0.15) is 48.0 Å². The van der Waals surface area contributed by atoms with Crippen molar-refractivity contribution >= 4 is 23.3 Å². The van der Waals surface area contributed by atoms with Crippen molar-refractivity contribution in [2.75, 3.05) is 5.73 Å². The molecule has 0 spiro atoms. The summed E-state index contributed by atoms with van der Waals surface area (Å²) in [4.78, 5) is 12.4. The SMILES string of the molecule is Nc1ccc(C(=O)OC2CCCCC2)cc1OCc1cccc(Cl)c1. The lowest BCUT2D eigenvalue weighted by atomic mass is 9.98. The zero-order valence-corrected chi connectivity index (χ0v) is 14.8. The molecule has 0 radical (unpaired) electrons. The molecule has 0 aromatic heterocycles.